The van der Waals surface area contributed by atoms with E-state index < -0.39 is 0 Å². The zero-order valence-corrected chi connectivity index (χ0v) is 14.9. The summed E-state index contributed by atoms with van der Waals surface area (Å²) in [6, 6.07) is 12.1. The molecule has 0 radical (unpaired) electrons. The van der Waals surface area contributed by atoms with Gasteiger partial charge >= 0.3 is 0 Å². The molecule has 1 fully saturated rings. The fourth-order valence-corrected chi connectivity index (χ4v) is 3.16. The van der Waals surface area contributed by atoms with Crippen molar-refractivity contribution in [3.05, 3.63) is 53.3 Å². The Hall–Kier alpha value is -2.43. The highest BCUT2D eigenvalue weighted by Crippen LogP contribution is 2.14. The largest absolute Gasteiger partial charge is 0.354 e. The number of hydrogen-bond acceptors (Lipinski definition) is 4. The van der Waals surface area contributed by atoms with E-state index in [1.807, 2.05) is 30.0 Å². The van der Waals surface area contributed by atoms with E-state index in [1.54, 1.807) is 6.07 Å². The van der Waals surface area contributed by atoms with E-state index in [-0.39, 0.29) is 5.91 Å². The third-order valence-corrected chi connectivity index (χ3v) is 4.51. The van der Waals surface area contributed by atoms with Crippen LogP contribution >= 0.6 is 0 Å². The van der Waals surface area contributed by atoms with Crippen LogP contribution in [0.2, 0.25) is 0 Å². The van der Waals surface area contributed by atoms with Crippen molar-refractivity contribution in [3.8, 4) is 0 Å². The van der Waals surface area contributed by atoms with Crippen LogP contribution in [0.15, 0.2) is 36.4 Å². The normalized spacial score (nSPS) is 14.8. The summed E-state index contributed by atoms with van der Waals surface area (Å²) in [4.78, 5) is 23.6. The molecule has 132 valence electrons. The Morgan fingerprint density at radius 2 is 1.80 bits per heavy atom. The van der Waals surface area contributed by atoms with Crippen LogP contribution in [0.3, 0.4) is 0 Å². The monoisotopic (exact) mass is 338 g/mol. The molecule has 0 saturated carbocycles. The topological polar surface area (TPSA) is 58.1 Å². The molecule has 25 heavy (non-hydrogen) atoms. The molecule has 1 aromatic heterocycles. The molecule has 5 heteroatoms. The number of hydrogen-bond donors (Lipinski definition) is 1. The molecule has 1 amide bonds. The molecule has 1 aliphatic heterocycles. The number of benzene rings is 1. The van der Waals surface area contributed by atoms with E-state index in [0.29, 0.717) is 11.6 Å². The van der Waals surface area contributed by atoms with Crippen LogP contribution < -0.4 is 5.32 Å². The lowest BCUT2D eigenvalue weighted by Gasteiger charge is -2.20. The first-order valence-electron chi connectivity index (χ1n) is 9.15. The molecule has 1 saturated heterocycles. The van der Waals surface area contributed by atoms with Gasteiger partial charge in [-0.25, -0.2) is 9.97 Å². The molecule has 5 nitrogen and oxygen atoms in total. The Morgan fingerprint density at radius 1 is 1.08 bits per heavy atom. The Balaban J connectivity index is 1.64. The summed E-state index contributed by atoms with van der Waals surface area (Å²) in [5.41, 5.74) is 2.58. The Labute approximate surface area is 149 Å². The highest BCUT2D eigenvalue weighted by molar-refractivity contribution is 5.92. The first-order chi connectivity index (χ1) is 12.2. The van der Waals surface area contributed by atoms with Crippen molar-refractivity contribution in [3.63, 3.8) is 0 Å². The van der Waals surface area contributed by atoms with Crippen molar-refractivity contribution in [2.75, 3.05) is 25.0 Å². The van der Waals surface area contributed by atoms with Gasteiger partial charge in [0.1, 0.15) is 5.69 Å². The molecule has 1 aromatic carbocycles. The van der Waals surface area contributed by atoms with E-state index in [1.165, 1.54) is 18.4 Å². The molecule has 0 bridgehead atoms. The quantitative estimate of drug-likeness (QED) is 0.907. The van der Waals surface area contributed by atoms with E-state index >= 15 is 0 Å². The average molecular weight is 338 g/mol. The van der Waals surface area contributed by atoms with Crippen LogP contribution in [0.1, 0.15) is 47.4 Å². The van der Waals surface area contributed by atoms with Crippen LogP contribution in [0.5, 0.6) is 0 Å². The Morgan fingerprint density at radius 3 is 2.52 bits per heavy atom. The lowest BCUT2D eigenvalue weighted by molar-refractivity contribution is 0.0755. The van der Waals surface area contributed by atoms with Gasteiger partial charge in [0.15, 0.2) is 0 Å². The second-order valence-corrected chi connectivity index (χ2v) is 6.59. The van der Waals surface area contributed by atoms with E-state index in [2.05, 4.69) is 27.4 Å². The van der Waals surface area contributed by atoms with Crippen molar-refractivity contribution in [1.82, 2.24) is 14.9 Å². The number of rotatable bonds is 5. The second-order valence-electron chi connectivity index (χ2n) is 6.59. The molecule has 2 heterocycles. The van der Waals surface area contributed by atoms with Gasteiger partial charge in [0.2, 0.25) is 5.95 Å². The van der Waals surface area contributed by atoms with Crippen LogP contribution in [0.4, 0.5) is 5.95 Å². The average Bonchev–Trinajstić information content (AvgIpc) is 2.91. The zero-order valence-electron chi connectivity index (χ0n) is 14.9. The van der Waals surface area contributed by atoms with Gasteiger partial charge in [0.05, 0.1) is 0 Å². The highest BCUT2D eigenvalue weighted by Gasteiger charge is 2.19. The summed E-state index contributed by atoms with van der Waals surface area (Å²) in [7, 11) is 0. The van der Waals surface area contributed by atoms with Gasteiger partial charge in [-0.3, -0.25) is 4.79 Å². The van der Waals surface area contributed by atoms with Gasteiger partial charge in [-0.2, -0.15) is 0 Å². The van der Waals surface area contributed by atoms with E-state index in [0.717, 1.165) is 44.6 Å². The van der Waals surface area contributed by atoms with Crippen molar-refractivity contribution >= 4 is 11.9 Å². The van der Waals surface area contributed by atoms with Crippen LogP contribution in [0.25, 0.3) is 0 Å². The standard InChI is InChI=1S/C20H26N4O/c1-16-15-18(19(25)24-13-7-2-3-8-14-24)23-20(22-16)21-12-11-17-9-5-4-6-10-17/h4-6,9-10,15H,2-3,7-8,11-14H2,1H3,(H,21,22,23). The highest BCUT2D eigenvalue weighted by atomic mass is 16.2. The van der Waals surface area contributed by atoms with Gasteiger partial charge in [0, 0.05) is 25.3 Å². The number of amides is 1. The third-order valence-electron chi connectivity index (χ3n) is 4.51. The summed E-state index contributed by atoms with van der Waals surface area (Å²) in [5.74, 6) is 0.563. The number of aryl methyl sites for hydroxylation is 1. The van der Waals surface area contributed by atoms with Gasteiger partial charge in [-0.15, -0.1) is 0 Å². The van der Waals surface area contributed by atoms with Gasteiger partial charge in [-0.05, 0) is 37.8 Å². The summed E-state index contributed by atoms with van der Waals surface area (Å²) in [6.07, 6.45) is 5.47. The maximum absolute atomic E-state index is 12.8. The minimum absolute atomic E-state index is 0.0264. The van der Waals surface area contributed by atoms with Gasteiger partial charge in [-0.1, -0.05) is 43.2 Å². The third kappa shape index (κ3) is 5.02. The van der Waals surface area contributed by atoms with Crippen molar-refractivity contribution in [2.24, 2.45) is 0 Å². The number of aromatic nitrogens is 2. The number of nitrogens with one attached hydrogen (secondary N) is 1. The first-order valence-corrected chi connectivity index (χ1v) is 9.15. The maximum atomic E-state index is 12.8. The van der Waals surface area contributed by atoms with Crippen LogP contribution in [0, 0.1) is 6.92 Å². The smallest absolute Gasteiger partial charge is 0.272 e. The minimum Gasteiger partial charge on any atom is -0.354 e. The van der Waals surface area contributed by atoms with Crippen molar-refractivity contribution < 1.29 is 4.79 Å². The summed E-state index contributed by atoms with van der Waals surface area (Å²) < 4.78 is 0. The second kappa shape index (κ2) is 8.60. The lowest BCUT2D eigenvalue weighted by Crippen LogP contribution is -2.32. The molecule has 3 rings (SSSR count). The predicted octanol–water partition coefficient (Wildman–Crippen LogP) is 3.46. The SMILES string of the molecule is Cc1cc(C(=O)N2CCCCCC2)nc(NCCc2ccccc2)n1. The number of carbonyl (C=O) groups is 1. The number of likely N-dealkylation sites (tertiary alicyclic amines) is 1. The number of nitrogens with zero attached hydrogens (tertiary/aromatic N) is 3. The van der Waals surface area contributed by atoms with Gasteiger partial charge in [0.25, 0.3) is 5.91 Å². The molecule has 1 N–H and O–H groups in total. The van der Waals surface area contributed by atoms with Crippen molar-refractivity contribution in [1.29, 1.82) is 0 Å². The zero-order chi connectivity index (χ0) is 17.5. The van der Waals surface area contributed by atoms with E-state index in [9.17, 15) is 4.79 Å². The molecule has 2 aromatic rings. The minimum atomic E-state index is 0.0264. The molecule has 0 unspecified atom stereocenters. The molecular weight excluding hydrogens is 312 g/mol. The fourth-order valence-electron chi connectivity index (χ4n) is 3.16. The first kappa shape index (κ1) is 17.4. The van der Waals surface area contributed by atoms with Crippen molar-refractivity contribution in [2.45, 2.75) is 39.0 Å². The molecule has 0 spiro atoms. The summed E-state index contributed by atoms with van der Waals surface area (Å²) in [6.45, 7) is 4.31. The Bertz CT molecular complexity index is 694. The summed E-state index contributed by atoms with van der Waals surface area (Å²) in [5, 5.41) is 3.25. The predicted molar refractivity (Wildman–Crippen MR) is 99.8 cm³/mol. The number of carbonyl (C=O) groups excluding carboxylic acids is 1. The summed E-state index contributed by atoms with van der Waals surface area (Å²) >= 11 is 0. The van der Waals surface area contributed by atoms with E-state index in [4.69, 9.17) is 0 Å². The van der Waals surface area contributed by atoms with Crippen LogP contribution in [-0.2, 0) is 6.42 Å². The number of anilines is 1. The fraction of sp³-hybridized carbons (Fsp3) is 0.450. The Kier molecular flexibility index (Phi) is 5.99. The molecule has 0 atom stereocenters. The molecule has 1 aliphatic rings. The lowest BCUT2D eigenvalue weighted by atomic mass is 10.1. The molecular formula is C20H26N4O. The molecule has 0 aliphatic carbocycles. The maximum Gasteiger partial charge on any atom is 0.272 e. The van der Waals surface area contributed by atoms with Gasteiger partial charge < -0.3 is 10.2 Å². The van der Waals surface area contributed by atoms with Crippen LogP contribution in [-0.4, -0.2) is 40.4 Å².